The van der Waals surface area contributed by atoms with Crippen LogP contribution < -0.4 is 14.8 Å². The molecule has 1 aromatic heterocycles. The van der Waals surface area contributed by atoms with E-state index in [1.54, 1.807) is 50.7 Å². The first-order valence-corrected chi connectivity index (χ1v) is 6.68. The molecule has 2 aromatic rings. The molecule has 0 saturated carbocycles. The van der Waals surface area contributed by atoms with E-state index in [0.29, 0.717) is 28.4 Å². The molecule has 114 valence electrons. The zero-order valence-electron chi connectivity index (χ0n) is 12.4. The number of hydrogen-bond donors (Lipinski definition) is 2. The molecule has 0 aliphatic rings. The van der Waals surface area contributed by atoms with Crippen LogP contribution in [0.5, 0.6) is 11.5 Å². The van der Waals surface area contributed by atoms with Crippen molar-refractivity contribution in [3.8, 4) is 17.6 Å². The molecule has 0 spiro atoms. The monoisotopic (exact) mass is 299 g/mol. The smallest absolute Gasteiger partial charge is 0.143 e. The highest BCUT2D eigenvalue weighted by molar-refractivity contribution is 5.51. The zero-order valence-corrected chi connectivity index (χ0v) is 12.4. The van der Waals surface area contributed by atoms with Gasteiger partial charge in [-0.1, -0.05) is 0 Å². The molecule has 22 heavy (non-hydrogen) atoms. The van der Waals surface area contributed by atoms with Crippen molar-refractivity contribution in [1.82, 2.24) is 4.98 Å². The normalized spacial score (nSPS) is 11.4. The van der Waals surface area contributed by atoms with E-state index in [1.165, 1.54) is 0 Å². The number of nitriles is 1. The second-order valence-electron chi connectivity index (χ2n) is 4.55. The Kier molecular flexibility index (Phi) is 5.17. The number of aromatic nitrogens is 1. The average molecular weight is 299 g/mol. The molecule has 0 fully saturated rings. The number of nitrogens with one attached hydrogen (secondary N) is 1. The highest BCUT2D eigenvalue weighted by Crippen LogP contribution is 2.26. The van der Waals surface area contributed by atoms with Gasteiger partial charge in [0.05, 0.1) is 25.9 Å². The first-order chi connectivity index (χ1) is 10.7. The summed E-state index contributed by atoms with van der Waals surface area (Å²) >= 11 is 0. The van der Waals surface area contributed by atoms with E-state index >= 15 is 0 Å². The molecule has 0 radical (unpaired) electrons. The van der Waals surface area contributed by atoms with Crippen molar-refractivity contribution in [3.05, 3.63) is 47.7 Å². The lowest BCUT2D eigenvalue weighted by atomic mass is 10.1. The molecule has 1 atom stereocenters. The summed E-state index contributed by atoms with van der Waals surface area (Å²) < 4.78 is 10.4. The van der Waals surface area contributed by atoms with Crippen LogP contribution in [-0.4, -0.2) is 30.9 Å². The van der Waals surface area contributed by atoms with Crippen molar-refractivity contribution in [2.24, 2.45) is 0 Å². The summed E-state index contributed by atoms with van der Waals surface area (Å²) in [6.07, 6.45) is 0.793. The van der Waals surface area contributed by atoms with Crippen molar-refractivity contribution in [2.45, 2.75) is 6.10 Å². The van der Waals surface area contributed by atoms with Crippen LogP contribution in [0, 0.1) is 11.3 Å². The highest BCUT2D eigenvalue weighted by Gasteiger charge is 2.12. The number of hydrogen-bond acceptors (Lipinski definition) is 6. The molecule has 0 unspecified atom stereocenters. The van der Waals surface area contributed by atoms with Crippen LogP contribution in [0.25, 0.3) is 0 Å². The van der Waals surface area contributed by atoms with Crippen LogP contribution in [0.2, 0.25) is 0 Å². The van der Waals surface area contributed by atoms with Crippen LogP contribution in [0.3, 0.4) is 0 Å². The van der Waals surface area contributed by atoms with Crippen LogP contribution in [0.1, 0.15) is 17.2 Å². The van der Waals surface area contributed by atoms with Crippen LogP contribution >= 0.6 is 0 Å². The third-order valence-corrected chi connectivity index (χ3v) is 3.15. The molecular formula is C16H17N3O3. The van der Waals surface area contributed by atoms with E-state index < -0.39 is 6.10 Å². The van der Waals surface area contributed by atoms with Crippen LogP contribution in [0.4, 0.5) is 5.82 Å². The van der Waals surface area contributed by atoms with Crippen molar-refractivity contribution in [3.63, 3.8) is 0 Å². The number of benzene rings is 1. The largest absolute Gasteiger partial charge is 0.497 e. The highest BCUT2D eigenvalue weighted by atomic mass is 16.5. The van der Waals surface area contributed by atoms with Gasteiger partial charge in [-0.25, -0.2) is 4.98 Å². The van der Waals surface area contributed by atoms with Gasteiger partial charge in [-0.05, 0) is 29.8 Å². The van der Waals surface area contributed by atoms with E-state index in [2.05, 4.69) is 10.3 Å². The van der Waals surface area contributed by atoms with Gasteiger partial charge in [0.2, 0.25) is 0 Å². The lowest BCUT2D eigenvalue weighted by Gasteiger charge is -2.15. The molecule has 2 rings (SSSR count). The van der Waals surface area contributed by atoms with E-state index in [1.807, 2.05) is 6.07 Å². The molecule has 2 N–H and O–H groups in total. The van der Waals surface area contributed by atoms with Gasteiger partial charge in [-0.3, -0.25) is 0 Å². The number of nitrogens with zero attached hydrogens (tertiary/aromatic N) is 2. The Morgan fingerprint density at radius 3 is 2.55 bits per heavy atom. The van der Waals surface area contributed by atoms with Gasteiger partial charge in [-0.15, -0.1) is 0 Å². The number of ether oxygens (including phenoxy) is 2. The summed E-state index contributed by atoms with van der Waals surface area (Å²) in [5.74, 6) is 1.65. The number of methoxy groups -OCH3 is 2. The van der Waals surface area contributed by atoms with Gasteiger partial charge in [0.1, 0.15) is 23.4 Å². The molecule has 0 saturated heterocycles. The summed E-state index contributed by atoms with van der Waals surface area (Å²) in [5.41, 5.74) is 1.08. The van der Waals surface area contributed by atoms with Gasteiger partial charge in [0, 0.05) is 18.8 Å². The zero-order chi connectivity index (χ0) is 15.9. The van der Waals surface area contributed by atoms with E-state index in [-0.39, 0.29) is 6.54 Å². The predicted octanol–water partition coefficient (Wildman–Crippen LogP) is 2.12. The SMILES string of the molecule is COc1cc(OC)cc([C@@H](O)CNc2ncccc2C#N)c1. The fourth-order valence-corrected chi connectivity index (χ4v) is 1.97. The molecule has 6 nitrogen and oxygen atoms in total. The molecular weight excluding hydrogens is 282 g/mol. The number of aliphatic hydroxyl groups excluding tert-OH is 1. The Hall–Kier alpha value is -2.78. The van der Waals surface area contributed by atoms with Gasteiger partial charge >= 0.3 is 0 Å². The molecule has 0 aliphatic heterocycles. The van der Waals surface area contributed by atoms with Crippen molar-refractivity contribution in [2.75, 3.05) is 26.1 Å². The quantitative estimate of drug-likeness (QED) is 0.849. The average Bonchev–Trinajstić information content (AvgIpc) is 2.59. The van der Waals surface area contributed by atoms with E-state index in [9.17, 15) is 5.11 Å². The molecule has 6 heteroatoms. The standard InChI is InChI=1S/C16H17N3O3/c1-21-13-6-12(7-14(8-13)22-2)15(20)10-19-16-11(9-17)4-3-5-18-16/h3-8,15,20H,10H2,1-2H3,(H,18,19)/t15-/m0/s1. The van der Waals surface area contributed by atoms with Gasteiger partial charge in [0.15, 0.2) is 0 Å². The van der Waals surface area contributed by atoms with Crippen LogP contribution in [-0.2, 0) is 0 Å². The molecule has 0 amide bonds. The summed E-state index contributed by atoms with van der Waals surface area (Å²) in [5, 5.41) is 22.3. The Bertz CT molecular complexity index is 660. The fraction of sp³-hybridized carbons (Fsp3) is 0.250. The Morgan fingerprint density at radius 2 is 1.95 bits per heavy atom. The lowest BCUT2D eigenvalue weighted by molar-refractivity contribution is 0.190. The van der Waals surface area contributed by atoms with Gasteiger partial charge in [-0.2, -0.15) is 5.26 Å². The Labute approximate surface area is 128 Å². The second-order valence-corrected chi connectivity index (χ2v) is 4.55. The Morgan fingerprint density at radius 1 is 1.27 bits per heavy atom. The molecule has 0 aliphatic carbocycles. The minimum absolute atomic E-state index is 0.210. The summed E-state index contributed by atoms with van der Waals surface area (Å²) in [6.45, 7) is 0.210. The van der Waals surface area contributed by atoms with Crippen LogP contribution in [0.15, 0.2) is 36.5 Å². The summed E-state index contributed by atoms with van der Waals surface area (Å²) in [4.78, 5) is 4.09. The van der Waals surface area contributed by atoms with E-state index in [4.69, 9.17) is 14.7 Å². The van der Waals surface area contributed by atoms with E-state index in [0.717, 1.165) is 0 Å². The third-order valence-electron chi connectivity index (χ3n) is 3.15. The maximum atomic E-state index is 10.3. The van der Waals surface area contributed by atoms with Crippen molar-refractivity contribution in [1.29, 1.82) is 5.26 Å². The second kappa shape index (κ2) is 7.29. The number of pyridine rings is 1. The minimum Gasteiger partial charge on any atom is -0.497 e. The topological polar surface area (TPSA) is 87.4 Å². The minimum atomic E-state index is -0.794. The fourth-order valence-electron chi connectivity index (χ4n) is 1.97. The first kappa shape index (κ1) is 15.6. The first-order valence-electron chi connectivity index (χ1n) is 6.68. The lowest BCUT2D eigenvalue weighted by Crippen LogP contribution is -2.14. The molecule has 0 bridgehead atoms. The van der Waals surface area contributed by atoms with Crippen molar-refractivity contribution < 1.29 is 14.6 Å². The molecule has 1 aromatic carbocycles. The van der Waals surface area contributed by atoms with Gasteiger partial charge in [0.25, 0.3) is 0 Å². The number of anilines is 1. The maximum Gasteiger partial charge on any atom is 0.143 e. The summed E-state index contributed by atoms with van der Waals surface area (Å²) in [6, 6.07) is 10.6. The Balaban J connectivity index is 2.12. The summed E-state index contributed by atoms with van der Waals surface area (Å²) in [7, 11) is 3.10. The number of rotatable bonds is 6. The number of aliphatic hydroxyl groups is 1. The van der Waals surface area contributed by atoms with Gasteiger partial charge < -0.3 is 19.9 Å². The van der Waals surface area contributed by atoms with Crippen molar-refractivity contribution >= 4 is 5.82 Å². The predicted molar refractivity (Wildman–Crippen MR) is 81.9 cm³/mol. The maximum absolute atomic E-state index is 10.3. The molecule has 1 heterocycles. The third kappa shape index (κ3) is 3.65.